The van der Waals surface area contributed by atoms with E-state index in [1.165, 1.54) is 53.7 Å². The third-order valence-electron chi connectivity index (χ3n) is 7.24. The van der Waals surface area contributed by atoms with Crippen LogP contribution >= 0.6 is 0 Å². The van der Waals surface area contributed by atoms with Gasteiger partial charge in [0, 0.05) is 44.5 Å². The van der Waals surface area contributed by atoms with Gasteiger partial charge in [0.15, 0.2) is 0 Å². The maximum absolute atomic E-state index is 3.46. The normalized spacial score (nSPS) is 17.9. The number of hydrogen-bond donors (Lipinski definition) is 1. The van der Waals surface area contributed by atoms with Gasteiger partial charge < -0.3 is 5.32 Å². The number of fused-ring (bicyclic) bond motifs is 1. The first-order valence-electron chi connectivity index (χ1n) is 12.3. The molecule has 3 heteroatoms. The van der Waals surface area contributed by atoms with Gasteiger partial charge >= 0.3 is 0 Å². The van der Waals surface area contributed by atoms with Gasteiger partial charge in [0.05, 0.1) is 6.04 Å². The van der Waals surface area contributed by atoms with Crippen molar-refractivity contribution < 1.29 is 0 Å². The molecular formula is C29H35N3. The second-order valence-corrected chi connectivity index (χ2v) is 9.23. The number of nitrogens with one attached hydrogen (secondary N) is 1. The standard InChI is InChI=1S/C29H35N3/c1-2-30-27-14-13-26-22-32(18-15-25(26)21-27)28-16-19-31(20-17-28)29(23-9-5-3-6-10-23)24-11-7-4-8-12-24/h3-14,21,28-30H,2,15-20,22H2,1H3. The molecule has 0 saturated carbocycles. The van der Waals surface area contributed by atoms with Crippen LogP contribution in [-0.4, -0.2) is 42.0 Å². The molecule has 2 aliphatic rings. The monoisotopic (exact) mass is 425 g/mol. The Balaban J connectivity index is 1.26. The summed E-state index contributed by atoms with van der Waals surface area (Å²) >= 11 is 0. The highest BCUT2D eigenvalue weighted by atomic mass is 15.2. The topological polar surface area (TPSA) is 18.5 Å². The first-order chi connectivity index (χ1) is 15.8. The molecule has 1 N–H and O–H groups in total. The van der Waals surface area contributed by atoms with E-state index in [4.69, 9.17) is 0 Å². The molecule has 0 amide bonds. The van der Waals surface area contributed by atoms with E-state index in [1.807, 2.05) is 0 Å². The maximum Gasteiger partial charge on any atom is 0.0601 e. The second-order valence-electron chi connectivity index (χ2n) is 9.23. The summed E-state index contributed by atoms with van der Waals surface area (Å²) in [6, 6.07) is 30.1. The van der Waals surface area contributed by atoms with Crippen molar-refractivity contribution in [3.05, 3.63) is 101 Å². The summed E-state index contributed by atoms with van der Waals surface area (Å²) in [5.74, 6) is 0. The third-order valence-corrected chi connectivity index (χ3v) is 7.24. The first-order valence-corrected chi connectivity index (χ1v) is 12.3. The molecule has 166 valence electrons. The fourth-order valence-corrected chi connectivity index (χ4v) is 5.59. The molecule has 0 unspecified atom stereocenters. The molecule has 3 aromatic carbocycles. The van der Waals surface area contributed by atoms with Gasteiger partial charge in [-0.2, -0.15) is 0 Å². The fraction of sp³-hybridized carbons (Fsp3) is 0.379. The average molecular weight is 426 g/mol. The Labute approximate surface area is 193 Å². The van der Waals surface area contributed by atoms with Gasteiger partial charge in [0.1, 0.15) is 0 Å². The van der Waals surface area contributed by atoms with E-state index in [0.717, 1.165) is 26.2 Å². The van der Waals surface area contributed by atoms with E-state index < -0.39 is 0 Å². The van der Waals surface area contributed by atoms with E-state index in [0.29, 0.717) is 12.1 Å². The van der Waals surface area contributed by atoms with Crippen LogP contribution < -0.4 is 5.32 Å². The molecule has 5 rings (SSSR count). The molecule has 0 aromatic heterocycles. The Bertz CT molecular complexity index is 954. The average Bonchev–Trinajstić information content (AvgIpc) is 2.86. The summed E-state index contributed by atoms with van der Waals surface area (Å²) in [7, 11) is 0. The molecule has 2 aliphatic heterocycles. The van der Waals surface area contributed by atoms with E-state index in [-0.39, 0.29) is 0 Å². The van der Waals surface area contributed by atoms with E-state index in [2.05, 4.69) is 101 Å². The lowest BCUT2D eigenvalue weighted by Gasteiger charge is -2.43. The number of rotatable bonds is 6. The van der Waals surface area contributed by atoms with Crippen molar-refractivity contribution in [2.45, 2.75) is 44.8 Å². The predicted molar refractivity (Wildman–Crippen MR) is 134 cm³/mol. The Morgan fingerprint density at radius 3 is 2.09 bits per heavy atom. The van der Waals surface area contributed by atoms with Gasteiger partial charge in [-0.1, -0.05) is 66.7 Å². The van der Waals surface area contributed by atoms with E-state index in [1.54, 1.807) is 0 Å². The molecule has 1 fully saturated rings. The van der Waals surface area contributed by atoms with Crippen molar-refractivity contribution in [1.82, 2.24) is 9.80 Å². The SMILES string of the molecule is CCNc1ccc2c(c1)CCN(C1CCN(C(c3ccccc3)c3ccccc3)CC1)C2. The molecule has 0 aliphatic carbocycles. The van der Waals surface area contributed by atoms with Gasteiger partial charge in [0.25, 0.3) is 0 Å². The summed E-state index contributed by atoms with van der Waals surface area (Å²) in [6.07, 6.45) is 3.67. The number of hydrogen-bond acceptors (Lipinski definition) is 3. The second kappa shape index (κ2) is 9.89. The molecule has 3 nitrogen and oxygen atoms in total. The van der Waals surface area contributed by atoms with Crippen molar-refractivity contribution in [2.75, 3.05) is 31.5 Å². The number of piperidine rings is 1. The third kappa shape index (κ3) is 4.60. The zero-order chi connectivity index (χ0) is 21.8. The van der Waals surface area contributed by atoms with Crippen LogP contribution in [0.15, 0.2) is 78.9 Å². The number of benzene rings is 3. The van der Waals surface area contributed by atoms with Gasteiger partial charge in [-0.25, -0.2) is 0 Å². The van der Waals surface area contributed by atoms with Gasteiger partial charge in [-0.05, 0) is 60.6 Å². The summed E-state index contributed by atoms with van der Waals surface area (Å²) in [5, 5.41) is 3.46. The molecule has 0 atom stereocenters. The first kappa shape index (κ1) is 21.2. The largest absolute Gasteiger partial charge is 0.385 e. The van der Waals surface area contributed by atoms with Crippen LogP contribution in [0.5, 0.6) is 0 Å². The zero-order valence-corrected chi connectivity index (χ0v) is 19.2. The van der Waals surface area contributed by atoms with Crippen LogP contribution in [0, 0.1) is 0 Å². The van der Waals surface area contributed by atoms with Gasteiger partial charge in [-0.15, -0.1) is 0 Å². The zero-order valence-electron chi connectivity index (χ0n) is 19.2. The van der Waals surface area contributed by atoms with Crippen LogP contribution in [-0.2, 0) is 13.0 Å². The Kier molecular flexibility index (Phi) is 6.56. The minimum absolute atomic E-state index is 0.352. The number of anilines is 1. The Hall–Kier alpha value is -2.62. The molecule has 3 aromatic rings. The Morgan fingerprint density at radius 1 is 0.812 bits per heavy atom. The highest BCUT2D eigenvalue weighted by Gasteiger charge is 2.31. The molecule has 0 bridgehead atoms. The summed E-state index contributed by atoms with van der Waals surface area (Å²) in [4.78, 5) is 5.44. The summed E-state index contributed by atoms with van der Waals surface area (Å²) in [6.45, 7) is 7.75. The molecule has 2 heterocycles. The van der Waals surface area contributed by atoms with Crippen molar-refractivity contribution in [3.63, 3.8) is 0 Å². The van der Waals surface area contributed by atoms with E-state index in [9.17, 15) is 0 Å². The summed E-state index contributed by atoms with van der Waals surface area (Å²) in [5.41, 5.74) is 7.12. The van der Waals surface area contributed by atoms with Crippen LogP contribution in [0.25, 0.3) is 0 Å². The van der Waals surface area contributed by atoms with Crippen molar-refractivity contribution >= 4 is 5.69 Å². The van der Waals surface area contributed by atoms with Crippen LogP contribution in [0.3, 0.4) is 0 Å². The highest BCUT2D eigenvalue weighted by Crippen LogP contribution is 2.33. The summed E-state index contributed by atoms with van der Waals surface area (Å²) < 4.78 is 0. The maximum atomic E-state index is 3.46. The van der Waals surface area contributed by atoms with E-state index >= 15 is 0 Å². The van der Waals surface area contributed by atoms with Crippen molar-refractivity contribution in [1.29, 1.82) is 0 Å². The Morgan fingerprint density at radius 2 is 1.47 bits per heavy atom. The van der Waals surface area contributed by atoms with Crippen LogP contribution in [0.2, 0.25) is 0 Å². The lowest BCUT2D eigenvalue weighted by molar-refractivity contribution is 0.0843. The molecule has 0 spiro atoms. The smallest absolute Gasteiger partial charge is 0.0601 e. The van der Waals surface area contributed by atoms with Crippen LogP contribution in [0.1, 0.15) is 48.1 Å². The quantitative estimate of drug-likeness (QED) is 0.544. The number of likely N-dealkylation sites (tertiary alicyclic amines) is 1. The fourth-order valence-electron chi connectivity index (χ4n) is 5.59. The molecular weight excluding hydrogens is 390 g/mol. The highest BCUT2D eigenvalue weighted by molar-refractivity contribution is 5.49. The minimum Gasteiger partial charge on any atom is -0.385 e. The number of nitrogens with zero attached hydrogens (tertiary/aromatic N) is 2. The van der Waals surface area contributed by atoms with Crippen LogP contribution in [0.4, 0.5) is 5.69 Å². The van der Waals surface area contributed by atoms with Gasteiger partial charge in [0.2, 0.25) is 0 Å². The molecule has 32 heavy (non-hydrogen) atoms. The molecule has 1 saturated heterocycles. The lowest BCUT2D eigenvalue weighted by atomic mass is 9.92. The molecule has 0 radical (unpaired) electrons. The van der Waals surface area contributed by atoms with Gasteiger partial charge in [-0.3, -0.25) is 9.80 Å². The van der Waals surface area contributed by atoms with Crippen molar-refractivity contribution in [3.8, 4) is 0 Å². The van der Waals surface area contributed by atoms with Crippen molar-refractivity contribution in [2.24, 2.45) is 0 Å². The lowest BCUT2D eigenvalue weighted by Crippen LogP contribution is -2.47. The predicted octanol–water partition coefficient (Wildman–Crippen LogP) is 5.73. The minimum atomic E-state index is 0.352.